The van der Waals surface area contributed by atoms with Gasteiger partial charge in [-0.2, -0.15) is 5.10 Å². The first-order valence-electron chi connectivity index (χ1n) is 5.58. The van der Waals surface area contributed by atoms with Gasteiger partial charge in [-0.15, -0.1) is 0 Å². The molecule has 2 aromatic rings. The maximum absolute atomic E-state index is 11.9. The number of rotatable bonds is 4. The molecule has 0 aliphatic heterocycles. The lowest BCUT2D eigenvalue weighted by molar-refractivity contribution is 0.00317. The number of para-hydroxylation sites is 1. The number of nitrogens with zero attached hydrogens (tertiary/aromatic N) is 1. The van der Waals surface area contributed by atoms with Crippen LogP contribution >= 0.6 is 0 Å². The van der Waals surface area contributed by atoms with Crippen molar-refractivity contribution in [3.8, 4) is 0 Å². The molecule has 1 heterocycles. The standard InChI is InChI=1S/C12H15N3O3/c1-12(18,7-16)6-13-11(17)10-8-4-2-3-5-9(8)14-15-10/h2-5,16,18H,6-7H2,1H3,(H,13,17)(H,14,15). The van der Waals surface area contributed by atoms with Crippen LogP contribution in [0.4, 0.5) is 0 Å². The van der Waals surface area contributed by atoms with Crippen molar-refractivity contribution >= 4 is 16.8 Å². The molecule has 0 aliphatic rings. The summed E-state index contributed by atoms with van der Waals surface area (Å²) in [6.07, 6.45) is 0. The molecule has 0 bridgehead atoms. The number of H-pyrrole nitrogens is 1. The van der Waals surface area contributed by atoms with Crippen LogP contribution in [-0.2, 0) is 0 Å². The number of aromatic amines is 1. The number of benzene rings is 1. The van der Waals surface area contributed by atoms with Crippen LogP contribution in [0, 0.1) is 0 Å². The lowest BCUT2D eigenvalue weighted by Crippen LogP contribution is -2.43. The molecule has 1 unspecified atom stereocenters. The molecule has 0 saturated heterocycles. The van der Waals surface area contributed by atoms with Gasteiger partial charge in [-0.1, -0.05) is 18.2 Å². The molecular weight excluding hydrogens is 234 g/mol. The first-order chi connectivity index (χ1) is 8.53. The molecule has 2 rings (SSSR count). The first kappa shape index (κ1) is 12.5. The van der Waals surface area contributed by atoms with Gasteiger partial charge >= 0.3 is 0 Å². The number of amides is 1. The van der Waals surface area contributed by atoms with E-state index < -0.39 is 12.2 Å². The number of nitrogens with one attached hydrogen (secondary N) is 2. The number of aliphatic hydroxyl groups excluding tert-OH is 1. The van der Waals surface area contributed by atoms with Crippen molar-refractivity contribution in [2.75, 3.05) is 13.2 Å². The monoisotopic (exact) mass is 249 g/mol. The molecule has 96 valence electrons. The van der Waals surface area contributed by atoms with Gasteiger partial charge in [-0.3, -0.25) is 9.89 Å². The highest BCUT2D eigenvalue weighted by atomic mass is 16.3. The summed E-state index contributed by atoms with van der Waals surface area (Å²) < 4.78 is 0. The minimum Gasteiger partial charge on any atom is -0.393 e. The van der Waals surface area contributed by atoms with Gasteiger partial charge in [0.25, 0.3) is 5.91 Å². The van der Waals surface area contributed by atoms with Crippen LogP contribution in [0.15, 0.2) is 24.3 Å². The van der Waals surface area contributed by atoms with Gasteiger partial charge in [-0.05, 0) is 13.0 Å². The molecule has 18 heavy (non-hydrogen) atoms. The van der Waals surface area contributed by atoms with E-state index in [1.54, 1.807) is 6.07 Å². The minimum absolute atomic E-state index is 0.0382. The van der Waals surface area contributed by atoms with Crippen molar-refractivity contribution in [1.82, 2.24) is 15.5 Å². The second kappa shape index (κ2) is 4.75. The van der Waals surface area contributed by atoms with Crippen molar-refractivity contribution < 1.29 is 15.0 Å². The van der Waals surface area contributed by atoms with Crippen molar-refractivity contribution in [3.63, 3.8) is 0 Å². The molecule has 6 nitrogen and oxygen atoms in total. The van der Waals surface area contributed by atoms with Gasteiger partial charge in [0.05, 0.1) is 12.1 Å². The topological polar surface area (TPSA) is 98.2 Å². The molecular formula is C12H15N3O3. The van der Waals surface area contributed by atoms with Gasteiger partial charge in [0, 0.05) is 11.9 Å². The highest BCUT2D eigenvalue weighted by molar-refractivity contribution is 6.04. The average Bonchev–Trinajstić information content (AvgIpc) is 2.80. The van der Waals surface area contributed by atoms with Crippen molar-refractivity contribution in [3.05, 3.63) is 30.0 Å². The summed E-state index contributed by atoms with van der Waals surface area (Å²) in [7, 11) is 0. The number of aromatic nitrogens is 2. The quantitative estimate of drug-likeness (QED) is 0.614. The average molecular weight is 249 g/mol. The number of hydrogen-bond acceptors (Lipinski definition) is 4. The van der Waals surface area contributed by atoms with Gasteiger partial charge in [0.1, 0.15) is 5.60 Å². The number of fused-ring (bicyclic) bond motifs is 1. The molecule has 0 fully saturated rings. The Morgan fingerprint density at radius 2 is 2.22 bits per heavy atom. The maximum Gasteiger partial charge on any atom is 0.272 e. The summed E-state index contributed by atoms with van der Waals surface area (Å²) in [5, 5.41) is 28.4. The molecule has 1 atom stereocenters. The van der Waals surface area contributed by atoms with E-state index in [-0.39, 0.29) is 18.1 Å². The van der Waals surface area contributed by atoms with E-state index in [4.69, 9.17) is 5.11 Å². The van der Waals surface area contributed by atoms with Crippen LogP contribution in [0.2, 0.25) is 0 Å². The Hall–Kier alpha value is -1.92. The van der Waals surface area contributed by atoms with Crippen molar-refractivity contribution in [1.29, 1.82) is 0 Å². The zero-order valence-electron chi connectivity index (χ0n) is 9.97. The second-order valence-electron chi connectivity index (χ2n) is 4.46. The largest absolute Gasteiger partial charge is 0.393 e. The van der Waals surface area contributed by atoms with Crippen LogP contribution in [-0.4, -0.2) is 45.1 Å². The molecule has 4 N–H and O–H groups in total. The van der Waals surface area contributed by atoms with Crippen LogP contribution in [0.1, 0.15) is 17.4 Å². The third-order valence-corrected chi connectivity index (χ3v) is 2.66. The highest BCUT2D eigenvalue weighted by Gasteiger charge is 2.21. The lowest BCUT2D eigenvalue weighted by atomic mass is 10.1. The van der Waals surface area contributed by atoms with Gasteiger partial charge in [0.2, 0.25) is 0 Å². The lowest BCUT2D eigenvalue weighted by Gasteiger charge is -2.20. The van der Waals surface area contributed by atoms with E-state index in [2.05, 4.69) is 15.5 Å². The zero-order valence-corrected chi connectivity index (χ0v) is 9.97. The van der Waals surface area contributed by atoms with Crippen LogP contribution in [0.3, 0.4) is 0 Å². The van der Waals surface area contributed by atoms with Gasteiger partial charge < -0.3 is 15.5 Å². The van der Waals surface area contributed by atoms with E-state index in [0.29, 0.717) is 0 Å². The summed E-state index contributed by atoms with van der Waals surface area (Å²) in [4.78, 5) is 11.9. The van der Waals surface area contributed by atoms with E-state index in [1.807, 2.05) is 18.2 Å². The van der Waals surface area contributed by atoms with Crippen molar-refractivity contribution in [2.24, 2.45) is 0 Å². The summed E-state index contributed by atoms with van der Waals surface area (Å²) in [6, 6.07) is 7.28. The number of carbonyl (C=O) groups is 1. The normalized spacial score (nSPS) is 14.4. The molecule has 0 saturated carbocycles. The van der Waals surface area contributed by atoms with Crippen LogP contribution in [0.5, 0.6) is 0 Å². The number of hydrogen-bond donors (Lipinski definition) is 4. The fourth-order valence-corrected chi connectivity index (χ4v) is 1.55. The second-order valence-corrected chi connectivity index (χ2v) is 4.46. The highest BCUT2D eigenvalue weighted by Crippen LogP contribution is 2.14. The fourth-order valence-electron chi connectivity index (χ4n) is 1.55. The third kappa shape index (κ3) is 2.49. The molecule has 0 radical (unpaired) electrons. The van der Waals surface area contributed by atoms with Crippen molar-refractivity contribution in [2.45, 2.75) is 12.5 Å². The summed E-state index contributed by atoms with van der Waals surface area (Å²) in [5.41, 5.74) is -0.280. The SMILES string of the molecule is CC(O)(CO)CNC(=O)c1n[nH]c2ccccc12. The fraction of sp³-hybridized carbons (Fsp3) is 0.333. The third-order valence-electron chi connectivity index (χ3n) is 2.66. The Morgan fingerprint density at radius 1 is 1.50 bits per heavy atom. The Bertz CT molecular complexity index is 562. The van der Waals surface area contributed by atoms with E-state index in [9.17, 15) is 9.90 Å². The zero-order chi connectivity index (χ0) is 13.2. The first-order valence-corrected chi connectivity index (χ1v) is 5.58. The summed E-state index contributed by atoms with van der Waals surface area (Å²) in [6.45, 7) is 0.980. The number of carbonyl (C=O) groups excluding carboxylic acids is 1. The molecule has 0 spiro atoms. The van der Waals surface area contributed by atoms with Gasteiger partial charge in [-0.25, -0.2) is 0 Å². The van der Waals surface area contributed by atoms with E-state index in [0.717, 1.165) is 10.9 Å². The summed E-state index contributed by atoms with van der Waals surface area (Å²) >= 11 is 0. The van der Waals surface area contributed by atoms with E-state index >= 15 is 0 Å². The summed E-state index contributed by atoms with van der Waals surface area (Å²) in [5.74, 6) is -0.388. The Labute approximate surface area is 104 Å². The smallest absolute Gasteiger partial charge is 0.272 e. The molecule has 1 amide bonds. The molecule has 0 aliphatic carbocycles. The predicted molar refractivity (Wildman–Crippen MR) is 66.1 cm³/mol. The minimum atomic E-state index is -1.33. The maximum atomic E-state index is 11.9. The molecule has 1 aromatic carbocycles. The predicted octanol–water partition coefficient (Wildman–Crippen LogP) is 0.0360. The van der Waals surface area contributed by atoms with Gasteiger partial charge in [0.15, 0.2) is 5.69 Å². The van der Waals surface area contributed by atoms with Crippen LogP contribution < -0.4 is 5.32 Å². The molecule has 6 heteroatoms. The Morgan fingerprint density at radius 3 is 2.94 bits per heavy atom. The Kier molecular flexibility index (Phi) is 3.31. The number of aliphatic hydroxyl groups is 2. The van der Waals surface area contributed by atoms with Crippen LogP contribution in [0.25, 0.3) is 10.9 Å². The van der Waals surface area contributed by atoms with E-state index in [1.165, 1.54) is 6.92 Å². The molecule has 1 aromatic heterocycles. The Balaban J connectivity index is 2.14.